The fraction of sp³-hybridized carbons (Fsp3) is 0.400. The number of carbonyl (C=O) groups is 2. The molecule has 22 heavy (non-hydrogen) atoms. The molecule has 0 unspecified atom stereocenters. The molecule has 1 aliphatic heterocycles. The highest BCUT2D eigenvalue weighted by molar-refractivity contribution is 6.39. The van der Waals surface area contributed by atoms with Crippen LogP contribution in [0.2, 0.25) is 5.02 Å². The molecular formula is C15H18ClN3O3. The van der Waals surface area contributed by atoms with Gasteiger partial charge in [0.05, 0.1) is 7.11 Å². The van der Waals surface area contributed by atoms with Crippen LogP contribution in [0.1, 0.15) is 24.0 Å². The van der Waals surface area contributed by atoms with Crippen LogP contribution in [0.15, 0.2) is 17.2 Å². The summed E-state index contributed by atoms with van der Waals surface area (Å²) in [5.74, 6) is 0.311. The van der Waals surface area contributed by atoms with Crippen molar-refractivity contribution >= 4 is 29.1 Å². The normalized spacial score (nSPS) is 14.1. The number of carbonyl (C=O) groups excluding carboxylic acids is 2. The number of nitrogens with zero attached hydrogens (tertiary/aromatic N) is 1. The van der Waals surface area contributed by atoms with E-state index >= 15 is 0 Å². The number of ether oxygens (including phenoxy) is 1. The molecule has 0 bridgehead atoms. The standard InChI is InChI=1S/C15H18ClN3O3/c1-9-7-13(22-2)10(8-11(9)16)5-6-17-15(21)12-3-4-14(20)19-18-12/h7-8H,3-6H2,1-2H3,(H,17,21)(H,19,20). The maximum Gasteiger partial charge on any atom is 0.267 e. The molecular weight excluding hydrogens is 306 g/mol. The highest BCUT2D eigenvalue weighted by Crippen LogP contribution is 2.26. The van der Waals surface area contributed by atoms with Gasteiger partial charge in [-0.3, -0.25) is 9.59 Å². The number of halogens is 1. The van der Waals surface area contributed by atoms with Crippen molar-refractivity contribution in [3.05, 3.63) is 28.3 Å². The van der Waals surface area contributed by atoms with E-state index in [1.54, 1.807) is 7.11 Å². The largest absolute Gasteiger partial charge is 0.496 e. The fourth-order valence-corrected chi connectivity index (χ4v) is 2.32. The fourth-order valence-electron chi connectivity index (χ4n) is 2.13. The van der Waals surface area contributed by atoms with Crippen molar-refractivity contribution in [1.29, 1.82) is 0 Å². The Hall–Kier alpha value is -2.08. The second-order valence-corrected chi connectivity index (χ2v) is 5.42. The van der Waals surface area contributed by atoms with Crippen LogP contribution in [0.3, 0.4) is 0 Å². The zero-order valence-corrected chi connectivity index (χ0v) is 13.3. The molecule has 1 heterocycles. The Labute approximate surface area is 133 Å². The lowest BCUT2D eigenvalue weighted by Gasteiger charge is -2.13. The first-order chi connectivity index (χ1) is 10.5. The molecule has 0 radical (unpaired) electrons. The van der Waals surface area contributed by atoms with Crippen molar-refractivity contribution < 1.29 is 14.3 Å². The van der Waals surface area contributed by atoms with Gasteiger partial charge in [-0.15, -0.1) is 0 Å². The van der Waals surface area contributed by atoms with E-state index < -0.39 is 0 Å². The number of nitrogens with one attached hydrogen (secondary N) is 2. The lowest BCUT2D eigenvalue weighted by Crippen LogP contribution is -2.37. The number of methoxy groups -OCH3 is 1. The molecule has 2 amide bonds. The molecule has 0 saturated heterocycles. The van der Waals surface area contributed by atoms with Crippen LogP contribution in [-0.4, -0.2) is 31.2 Å². The molecule has 1 aliphatic rings. The third kappa shape index (κ3) is 3.98. The minimum Gasteiger partial charge on any atom is -0.496 e. The first-order valence-electron chi connectivity index (χ1n) is 6.98. The Morgan fingerprint density at radius 3 is 2.86 bits per heavy atom. The van der Waals surface area contributed by atoms with E-state index in [0.29, 0.717) is 30.1 Å². The van der Waals surface area contributed by atoms with Gasteiger partial charge in [-0.25, -0.2) is 5.43 Å². The van der Waals surface area contributed by atoms with Gasteiger partial charge in [0.2, 0.25) is 5.91 Å². The second kappa shape index (κ2) is 7.26. The number of hydrazone groups is 1. The van der Waals surface area contributed by atoms with Gasteiger partial charge in [0.1, 0.15) is 11.5 Å². The second-order valence-electron chi connectivity index (χ2n) is 5.01. The highest BCUT2D eigenvalue weighted by atomic mass is 35.5. The van der Waals surface area contributed by atoms with E-state index in [-0.39, 0.29) is 18.2 Å². The third-order valence-corrected chi connectivity index (χ3v) is 3.82. The number of benzene rings is 1. The van der Waals surface area contributed by atoms with Gasteiger partial charge in [0.15, 0.2) is 0 Å². The van der Waals surface area contributed by atoms with E-state index in [1.165, 1.54) is 0 Å². The zero-order chi connectivity index (χ0) is 16.1. The minimum atomic E-state index is -0.267. The average molecular weight is 324 g/mol. The van der Waals surface area contributed by atoms with Gasteiger partial charge >= 0.3 is 0 Å². The average Bonchev–Trinajstić information content (AvgIpc) is 2.51. The Morgan fingerprint density at radius 1 is 1.45 bits per heavy atom. The predicted molar refractivity (Wildman–Crippen MR) is 84.3 cm³/mol. The third-order valence-electron chi connectivity index (χ3n) is 3.41. The van der Waals surface area contributed by atoms with Crippen molar-refractivity contribution in [3.8, 4) is 5.75 Å². The van der Waals surface area contributed by atoms with E-state index in [2.05, 4.69) is 15.8 Å². The number of aryl methyl sites for hydroxylation is 1. The smallest absolute Gasteiger partial charge is 0.267 e. The van der Waals surface area contributed by atoms with Gasteiger partial charge in [0, 0.05) is 24.4 Å². The lowest BCUT2D eigenvalue weighted by molar-refractivity contribution is -0.121. The summed E-state index contributed by atoms with van der Waals surface area (Å²) in [5, 5.41) is 7.20. The maximum absolute atomic E-state index is 11.9. The van der Waals surface area contributed by atoms with Crippen LogP contribution in [0.4, 0.5) is 0 Å². The molecule has 0 aliphatic carbocycles. The SMILES string of the molecule is COc1cc(C)c(Cl)cc1CCNC(=O)C1=NNC(=O)CC1. The summed E-state index contributed by atoms with van der Waals surface area (Å²) in [5.41, 5.74) is 4.52. The Kier molecular flexibility index (Phi) is 5.38. The number of hydrogen-bond donors (Lipinski definition) is 2. The number of hydrogen-bond acceptors (Lipinski definition) is 4. The summed E-state index contributed by atoms with van der Waals surface area (Å²) >= 11 is 6.12. The first-order valence-corrected chi connectivity index (χ1v) is 7.35. The lowest BCUT2D eigenvalue weighted by atomic mass is 10.1. The number of rotatable bonds is 5. The summed E-state index contributed by atoms with van der Waals surface area (Å²) in [6.45, 7) is 2.34. The monoisotopic (exact) mass is 323 g/mol. The van der Waals surface area contributed by atoms with Crippen molar-refractivity contribution in [2.45, 2.75) is 26.2 Å². The van der Waals surface area contributed by atoms with Crippen LogP contribution >= 0.6 is 11.6 Å². The maximum atomic E-state index is 11.9. The van der Waals surface area contributed by atoms with Crippen LogP contribution < -0.4 is 15.5 Å². The Morgan fingerprint density at radius 2 is 2.23 bits per heavy atom. The Balaban J connectivity index is 1.92. The number of amides is 2. The molecule has 6 nitrogen and oxygen atoms in total. The molecule has 0 saturated carbocycles. The quantitative estimate of drug-likeness (QED) is 0.863. The van der Waals surface area contributed by atoms with Gasteiger partial charge in [-0.05, 0) is 36.6 Å². The summed E-state index contributed by atoms with van der Waals surface area (Å²) < 4.78 is 5.32. The van der Waals surface area contributed by atoms with E-state index in [0.717, 1.165) is 16.9 Å². The zero-order valence-electron chi connectivity index (χ0n) is 12.5. The van der Waals surface area contributed by atoms with Crippen LogP contribution in [0, 0.1) is 6.92 Å². The molecule has 2 N–H and O–H groups in total. The topological polar surface area (TPSA) is 79.8 Å². The molecule has 0 aromatic heterocycles. The van der Waals surface area contributed by atoms with Crippen molar-refractivity contribution in [2.24, 2.45) is 5.10 Å². The highest BCUT2D eigenvalue weighted by Gasteiger charge is 2.18. The van der Waals surface area contributed by atoms with Crippen LogP contribution in [0.25, 0.3) is 0 Å². The summed E-state index contributed by atoms with van der Waals surface area (Å²) in [6.07, 6.45) is 1.24. The molecule has 1 aromatic carbocycles. The summed E-state index contributed by atoms with van der Waals surface area (Å²) in [7, 11) is 1.60. The van der Waals surface area contributed by atoms with Crippen molar-refractivity contribution in [2.75, 3.05) is 13.7 Å². The van der Waals surface area contributed by atoms with Gasteiger partial charge < -0.3 is 10.1 Å². The molecule has 0 fully saturated rings. The molecule has 118 valence electrons. The summed E-state index contributed by atoms with van der Waals surface area (Å²) in [6, 6.07) is 3.72. The van der Waals surface area contributed by atoms with Gasteiger partial charge in [0.25, 0.3) is 5.91 Å². The van der Waals surface area contributed by atoms with Crippen LogP contribution in [0.5, 0.6) is 5.75 Å². The Bertz CT molecular complexity index is 629. The minimum absolute atomic E-state index is 0.171. The van der Waals surface area contributed by atoms with E-state index in [4.69, 9.17) is 16.3 Å². The molecule has 1 aromatic rings. The molecule has 2 rings (SSSR count). The van der Waals surface area contributed by atoms with Crippen LogP contribution in [-0.2, 0) is 16.0 Å². The van der Waals surface area contributed by atoms with E-state index in [1.807, 2.05) is 19.1 Å². The molecule has 0 spiro atoms. The van der Waals surface area contributed by atoms with Gasteiger partial charge in [-0.1, -0.05) is 11.6 Å². The van der Waals surface area contributed by atoms with Gasteiger partial charge in [-0.2, -0.15) is 5.10 Å². The van der Waals surface area contributed by atoms with Crippen molar-refractivity contribution in [3.63, 3.8) is 0 Å². The van der Waals surface area contributed by atoms with Crippen molar-refractivity contribution in [1.82, 2.24) is 10.7 Å². The first kappa shape index (κ1) is 16.3. The molecule has 7 heteroatoms. The summed E-state index contributed by atoms with van der Waals surface area (Å²) in [4.78, 5) is 22.9. The predicted octanol–water partition coefficient (Wildman–Crippen LogP) is 1.58. The van der Waals surface area contributed by atoms with E-state index in [9.17, 15) is 9.59 Å². The molecule has 0 atom stereocenters.